The number of carbonyl (C=O) groups excluding carboxylic acids is 1. The number of aryl methyl sites for hydroxylation is 1. The second-order valence-electron chi connectivity index (χ2n) is 8.53. The Labute approximate surface area is 189 Å². The number of amides is 1. The van der Waals surface area contributed by atoms with Crippen LogP contribution >= 0.6 is 0 Å². The summed E-state index contributed by atoms with van der Waals surface area (Å²) in [4.78, 5) is 16.1. The SMILES string of the molecule is CC(Oc1ccc(-c2ccc(CC(=O)NC3CC3)cc2)cc1)C(O)CCc1cccnc1. The molecule has 1 heterocycles. The number of hydrogen-bond donors (Lipinski definition) is 2. The highest BCUT2D eigenvalue weighted by Crippen LogP contribution is 2.24. The average Bonchev–Trinajstić information content (AvgIpc) is 3.63. The van der Waals surface area contributed by atoms with Crippen LogP contribution in [0.2, 0.25) is 0 Å². The largest absolute Gasteiger partial charge is 0.488 e. The Kier molecular flexibility index (Phi) is 7.17. The minimum atomic E-state index is -0.556. The highest BCUT2D eigenvalue weighted by molar-refractivity contribution is 5.79. The zero-order chi connectivity index (χ0) is 22.3. The van der Waals surface area contributed by atoms with Gasteiger partial charge in [0.2, 0.25) is 5.91 Å². The maximum Gasteiger partial charge on any atom is 0.224 e. The van der Waals surface area contributed by atoms with Crippen LogP contribution in [0.3, 0.4) is 0 Å². The number of aliphatic hydroxyl groups is 1. The van der Waals surface area contributed by atoms with Crippen molar-refractivity contribution in [1.82, 2.24) is 10.3 Å². The molecule has 1 fully saturated rings. The first-order valence-electron chi connectivity index (χ1n) is 11.3. The third-order valence-corrected chi connectivity index (χ3v) is 5.76. The van der Waals surface area contributed by atoms with Gasteiger partial charge in [-0.25, -0.2) is 0 Å². The Hall–Kier alpha value is -3.18. The molecule has 3 aromatic rings. The second kappa shape index (κ2) is 10.4. The van der Waals surface area contributed by atoms with E-state index in [0.717, 1.165) is 47.3 Å². The summed E-state index contributed by atoms with van der Waals surface area (Å²) < 4.78 is 5.94. The summed E-state index contributed by atoms with van der Waals surface area (Å²) in [5.74, 6) is 0.827. The normalized spacial score (nSPS) is 15.1. The average molecular weight is 431 g/mol. The predicted molar refractivity (Wildman–Crippen MR) is 125 cm³/mol. The van der Waals surface area contributed by atoms with Crippen molar-refractivity contribution in [2.75, 3.05) is 0 Å². The Bertz CT molecular complexity index is 999. The van der Waals surface area contributed by atoms with Crippen LogP contribution in [0.15, 0.2) is 73.1 Å². The molecule has 2 unspecified atom stereocenters. The fourth-order valence-electron chi connectivity index (χ4n) is 3.62. The Morgan fingerprint density at radius 2 is 1.75 bits per heavy atom. The minimum Gasteiger partial charge on any atom is -0.488 e. The quantitative estimate of drug-likeness (QED) is 0.502. The number of nitrogens with one attached hydrogen (secondary N) is 1. The van der Waals surface area contributed by atoms with Crippen molar-refractivity contribution in [1.29, 1.82) is 0 Å². The van der Waals surface area contributed by atoms with Gasteiger partial charge in [-0.2, -0.15) is 0 Å². The van der Waals surface area contributed by atoms with Crippen molar-refractivity contribution in [3.63, 3.8) is 0 Å². The summed E-state index contributed by atoms with van der Waals surface area (Å²) in [5, 5.41) is 13.5. The zero-order valence-electron chi connectivity index (χ0n) is 18.4. The first-order valence-corrected chi connectivity index (χ1v) is 11.3. The van der Waals surface area contributed by atoms with Gasteiger partial charge in [0.1, 0.15) is 11.9 Å². The fourth-order valence-corrected chi connectivity index (χ4v) is 3.62. The first-order chi connectivity index (χ1) is 15.6. The van der Waals surface area contributed by atoms with E-state index in [1.54, 1.807) is 6.20 Å². The van der Waals surface area contributed by atoms with E-state index in [-0.39, 0.29) is 12.0 Å². The zero-order valence-corrected chi connectivity index (χ0v) is 18.4. The number of hydrogen-bond acceptors (Lipinski definition) is 4. The van der Waals surface area contributed by atoms with Gasteiger partial charge in [-0.3, -0.25) is 9.78 Å². The van der Waals surface area contributed by atoms with Crippen molar-refractivity contribution < 1.29 is 14.6 Å². The molecule has 1 aliphatic carbocycles. The molecule has 0 bridgehead atoms. The molecule has 2 atom stereocenters. The molecule has 0 aliphatic heterocycles. The molecule has 2 N–H and O–H groups in total. The van der Waals surface area contributed by atoms with Crippen LogP contribution in [0.4, 0.5) is 0 Å². The lowest BCUT2D eigenvalue weighted by Crippen LogP contribution is -2.29. The number of ether oxygens (including phenoxy) is 1. The van der Waals surface area contributed by atoms with Crippen molar-refractivity contribution in [3.05, 3.63) is 84.2 Å². The minimum absolute atomic E-state index is 0.0958. The van der Waals surface area contributed by atoms with Crippen molar-refractivity contribution in [3.8, 4) is 16.9 Å². The fraction of sp³-hybridized carbons (Fsp3) is 0.333. The van der Waals surface area contributed by atoms with Gasteiger partial charge in [0, 0.05) is 18.4 Å². The third kappa shape index (κ3) is 6.41. The molecular weight excluding hydrogens is 400 g/mol. The van der Waals surface area contributed by atoms with E-state index in [0.29, 0.717) is 18.9 Å². The van der Waals surface area contributed by atoms with E-state index in [4.69, 9.17) is 4.74 Å². The van der Waals surface area contributed by atoms with E-state index < -0.39 is 6.10 Å². The van der Waals surface area contributed by atoms with E-state index in [1.165, 1.54) is 0 Å². The molecule has 4 rings (SSSR count). The molecule has 0 spiro atoms. The maximum absolute atomic E-state index is 12.0. The van der Waals surface area contributed by atoms with Gasteiger partial charge in [-0.05, 0) is 73.1 Å². The molecule has 2 aromatic carbocycles. The van der Waals surface area contributed by atoms with Gasteiger partial charge >= 0.3 is 0 Å². The van der Waals surface area contributed by atoms with E-state index >= 15 is 0 Å². The van der Waals surface area contributed by atoms with Crippen molar-refractivity contribution >= 4 is 5.91 Å². The summed E-state index contributed by atoms with van der Waals surface area (Å²) in [5.41, 5.74) is 4.29. The molecule has 166 valence electrons. The van der Waals surface area contributed by atoms with Crippen LogP contribution in [0.5, 0.6) is 5.75 Å². The highest BCUT2D eigenvalue weighted by Gasteiger charge is 2.23. The molecule has 0 radical (unpaired) electrons. The lowest BCUT2D eigenvalue weighted by Gasteiger charge is -2.20. The number of benzene rings is 2. The Morgan fingerprint density at radius 3 is 2.38 bits per heavy atom. The van der Waals surface area contributed by atoms with Gasteiger partial charge < -0.3 is 15.2 Å². The highest BCUT2D eigenvalue weighted by atomic mass is 16.5. The summed E-state index contributed by atoms with van der Waals surface area (Å²) >= 11 is 0. The van der Waals surface area contributed by atoms with E-state index in [1.807, 2.05) is 73.8 Å². The third-order valence-electron chi connectivity index (χ3n) is 5.76. The van der Waals surface area contributed by atoms with E-state index in [9.17, 15) is 9.90 Å². The lowest BCUT2D eigenvalue weighted by molar-refractivity contribution is -0.120. The smallest absolute Gasteiger partial charge is 0.224 e. The first kappa shape index (κ1) is 22.0. The van der Waals surface area contributed by atoms with Crippen LogP contribution in [0.1, 0.15) is 37.3 Å². The lowest BCUT2D eigenvalue weighted by atomic mass is 10.0. The van der Waals surface area contributed by atoms with Crippen LogP contribution < -0.4 is 10.1 Å². The molecule has 32 heavy (non-hydrogen) atoms. The molecule has 5 nitrogen and oxygen atoms in total. The van der Waals surface area contributed by atoms with Gasteiger partial charge in [0.15, 0.2) is 0 Å². The topological polar surface area (TPSA) is 71.5 Å². The summed E-state index contributed by atoms with van der Waals surface area (Å²) in [6, 6.07) is 20.3. The molecule has 1 aromatic heterocycles. The van der Waals surface area contributed by atoms with Crippen LogP contribution in [-0.4, -0.2) is 34.2 Å². The van der Waals surface area contributed by atoms with Crippen LogP contribution in [0, 0.1) is 0 Å². The van der Waals surface area contributed by atoms with Crippen molar-refractivity contribution in [2.45, 2.75) is 57.3 Å². The number of nitrogens with zero attached hydrogens (tertiary/aromatic N) is 1. The molecule has 5 heteroatoms. The summed E-state index contributed by atoms with van der Waals surface area (Å²) in [6.07, 6.45) is 6.73. The number of aromatic nitrogens is 1. The Balaban J connectivity index is 1.27. The number of aliphatic hydroxyl groups excluding tert-OH is 1. The van der Waals surface area contributed by atoms with Crippen LogP contribution in [0.25, 0.3) is 11.1 Å². The van der Waals surface area contributed by atoms with E-state index in [2.05, 4.69) is 10.3 Å². The van der Waals surface area contributed by atoms with Gasteiger partial charge in [-0.1, -0.05) is 42.5 Å². The molecule has 1 saturated carbocycles. The number of rotatable bonds is 10. The monoisotopic (exact) mass is 430 g/mol. The molecular formula is C27H30N2O3. The molecule has 1 amide bonds. The van der Waals surface area contributed by atoms with Crippen molar-refractivity contribution in [2.24, 2.45) is 0 Å². The van der Waals surface area contributed by atoms with Gasteiger partial charge in [0.05, 0.1) is 12.5 Å². The maximum atomic E-state index is 12.0. The van der Waals surface area contributed by atoms with Gasteiger partial charge in [0.25, 0.3) is 0 Å². The Morgan fingerprint density at radius 1 is 1.06 bits per heavy atom. The molecule has 1 aliphatic rings. The number of pyridine rings is 1. The second-order valence-corrected chi connectivity index (χ2v) is 8.53. The summed E-state index contributed by atoms with van der Waals surface area (Å²) in [6.45, 7) is 1.89. The molecule has 0 saturated heterocycles. The van der Waals surface area contributed by atoms with Gasteiger partial charge in [-0.15, -0.1) is 0 Å². The number of carbonyl (C=O) groups is 1. The van der Waals surface area contributed by atoms with Crippen LogP contribution in [-0.2, 0) is 17.6 Å². The predicted octanol–water partition coefficient (Wildman–Crippen LogP) is 4.33. The standard InChI is InChI=1S/C27H30N2O3/c1-19(26(30)15-6-21-3-2-16-28-18-21)32-25-13-9-23(10-14-25)22-7-4-20(5-8-22)17-27(31)29-24-11-12-24/h2-5,7-10,13-14,16,18-19,24,26,30H,6,11-12,15,17H2,1H3,(H,29,31). The summed E-state index contributed by atoms with van der Waals surface area (Å²) in [7, 11) is 0.